The zero-order valence-corrected chi connectivity index (χ0v) is 11.1. The summed E-state index contributed by atoms with van der Waals surface area (Å²) in [6.07, 6.45) is 2.62. The average Bonchev–Trinajstić information content (AvgIpc) is 2.30. The molecule has 3 heteroatoms. The first kappa shape index (κ1) is 11.5. The molecule has 15 heavy (non-hydrogen) atoms. The Kier molecular flexibility index (Phi) is 4.12. The van der Waals surface area contributed by atoms with Gasteiger partial charge in [0.2, 0.25) is 0 Å². The summed E-state index contributed by atoms with van der Waals surface area (Å²) in [6, 6.07) is 6.56. The summed E-state index contributed by atoms with van der Waals surface area (Å²) in [4.78, 5) is 0. The Balaban J connectivity index is 2.19. The molecule has 0 saturated carbocycles. The number of halogens is 1. The highest BCUT2D eigenvalue weighted by Crippen LogP contribution is 2.35. The lowest BCUT2D eigenvalue weighted by molar-refractivity contribution is 0.634. The lowest BCUT2D eigenvalue weighted by atomic mass is 9.93. The van der Waals surface area contributed by atoms with E-state index in [1.807, 2.05) is 0 Å². The predicted octanol–water partition coefficient (Wildman–Crippen LogP) is 3.52. The monoisotopic (exact) mass is 285 g/mol. The molecule has 1 saturated heterocycles. The van der Waals surface area contributed by atoms with Crippen molar-refractivity contribution in [2.45, 2.75) is 25.3 Å². The molecule has 1 aliphatic rings. The standard InChI is InChI=1S/C12H16BrNS/c13-12-7-9(8-14)1-2-11(12)10-3-5-15-6-4-10/h1-2,7,10H,3-6,8,14H2. The SMILES string of the molecule is NCc1ccc(C2CCSCC2)c(Br)c1. The molecule has 1 aromatic rings. The molecule has 1 aliphatic heterocycles. The topological polar surface area (TPSA) is 26.0 Å². The van der Waals surface area contributed by atoms with E-state index in [4.69, 9.17) is 5.73 Å². The Bertz CT molecular complexity index is 334. The zero-order valence-electron chi connectivity index (χ0n) is 8.71. The van der Waals surface area contributed by atoms with Crippen molar-refractivity contribution in [1.82, 2.24) is 0 Å². The van der Waals surface area contributed by atoms with Gasteiger partial charge >= 0.3 is 0 Å². The third kappa shape index (κ3) is 2.77. The van der Waals surface area contributed by atoms with Crippen LogP contribution in [-0.4, -0.2) is 11.5 Å². The van der Waals surface area contributed by atoms with Crippen molar-refractivity contribution in [1.29, 1.82) is 0 Å². The molecule has 1 nitrogen and oxygen atoms in total. The van der Waals surface area contributed by atoms with Crippen molar-refractivity contribution in [2.24, 2.45) is 5.73 Å². The predicted molar refractivity (Wildman–Crippen MR) is 71.3 cm³/mol. The van der Waals surface area contributed by atoms with Gasteiger partial charge in [0.15, 0.2) is 0 Å². The van der Waals surface area contributed by atoms with E-state index < -0.39 is 0 Å². The van der Waals surface area contributed by atoms with Gasteiger partial charge in [-0.15, -0.1) is 0 Å². The van der Waals surface area contributed by atoms with Gasteiger partial charge in [-0.3, -0.25) is 0 Å². The van der Waals surface area contributed by atoms with Crippen molar-refractivity contribution in [3.05, 3.63) is 33.8 Å². The highest BCUT2D eigenvalue weighted by molar-refractivity contribution is 9.10. The van der Waals surface area contributed by atoms with Gasteiger partial charge in [0.05, 0.1) is 0 Å². The second kappa shape index (κ2) is 5.37. The molecule has 0 aromatic heterocycles. The molecule has 1 aromatic carbocycles. The lowest BCUT2D eigenvalue weighted by Gasteiger charge is -2.23. The van der Waals surface area contributed by atoms with Gasteiger partial charge in [0, 0.05) is 11.0 Å². The first-order valence-electron chi connectivity index (χ1n) is 5.37. The average molecular weight is 286 g/mol. The van der Waals surface area contributed by atoms with Crippen LogP contribution in [0.5, 0.6) is 0 Å². The molecule has 0 amide bonds. The summed E-state index contributed by atoms with van der Waals surface area (Å²) in [7, 11) is 0. The van der Waals surface area contributed by atoms with Crippen LogP contribution in [0.3, 0.4) is 0 Å². The molecule has 0 unspecified atom stereocenters. The van der Waals surface area contributed by atoms with Crippen molar-refractivity contribution in [3.63, 3.8) is 0 Å². The third-order valence-electron chi connectivity index (χ3n) is 2.96. The van der Waals surface area contributed by atoms with Gasteiger partial charge in [-0.2, -0.15) is 11.8 Å². The van der Waals surface area contributed by atoms with Gasteiger partial charge in [-0.1, -0.05) is 28.1 Å². The quantitative estimate of drug-likeness (QED) is 0.900. The second-order valence-corrected chi connectivity index (χ2v) is 6.03. The largest absolute Gasteiger partial charge is 0.326 e. The summed E-state index contributed by atoms with van der Waals surface area (Å²) in [5.41, 5.74) is 8.29. The smallest absolute Gasteiger partial charge is 0.0213 e. The maximum Gasteiger partial charge on any atom is 0.0213 e. The van der Waals surface area contributed by atoms with E-state index in [1.165, 1.54) is 39.9 Å². The number of hydrogen-bond acceptors (Lipinski definition) is 2. The first-order chi connectivity index (χ1) is 7.31. The highest BCUT2D eigenvalue weighted by Gasteiger charge is 2.17. The fourth-order valence-electron chi connectivity index (χ4n) is 2.04. The summed E-state index contributed by atoms with van der Waals surface area (Å²) < 4.78 is 1.24. The summed E-state index contributed by atoms with van der Waals surface area (Å²) in [5.74, 6) is 3.35. The van der Waals surface area contributed by atoms with Crippen LogP contribution < -0.4 is 5.73 Å². The molecule has 2 N–H and O–H groups in total. The van der Waals surface area contributed by atoms with E-state index >= 15 is 0 Å². The molecular weight excluding hydrogens is 270 g/mol. The van der Waals surface area contributed by atoms with Gasteiger partial charge in [-0.25, -0.2) is 0 Å². The normalized spacial score (nSPS) is 18.0. The van der Waals surface area contributed by atoms with E-state index in [0.29, 0.717) is 6.54 Å². The van der Waals surface area contributed by atoms with Gasteiger partial charge in [0.1, 0.15) is 0 Å². The number of rotatable bonds is 2. The summed E-state index contributed by atoms with van der Waals surface area (Å²) >= 11 is 5.73. The van der Waals surface area contributed by atoms with Crippen LogP contribution in [0.4, 0.5) is 0 Å². The van der Waals surface area contributed by atoms with Crippen LogP contribution >= 0.6 is 27.7 Å². The fourth-order valence-corrected chi connectivity index (χ4v) is 3.89. The molecule has 0 bridgehead atoms. The molecule has 82 valence electrons. The van der Waals surface area contributed by atoms with Crippen LogP contribution in [0.25, 0.3) is 0 Å². The Hall–Kier alpha value is 0.01000. The van der Waals surface area contributed by atoms with Crippen molar-refractivity contribution in [3.8, 4) is 0 Å². The minimum absolute atomic E-state index is 0.624. The zero-order chi connectivity index (χ0) is 10.7. The lowest BCUT2D eigenvalue weighted by Crippen LogP contribution is -2.09. The maximum atomic E-state index is 5.62. The van der Waals surface area contributed by atoms with Crippen LogP contribution in [0, 0.1) is 0 Å². The van der Waals surface area contributed by atoms with Crippen LogP contribution in [-0.2, 0) is 6.54 Å². The maximum absolute atomic E-state index is 5.62. The molecule has 1 heterocycles. The molecule has 1 fully saturated rings. The van der Waals surface area contributed by atoms with Crippen molar-refractivity contribution in [2.75, 3.05) is 11.5 Å². The Morgan fingerprint density at radius 1 is 1.33 bits per heavy atom. The van der Waals surface area contributed by atoms with Gasteiger partial charge in [-0.05, 0) is 47.5 Å². The Labute approximate surface area is 104 Å². The van der Waals surface area contributed by atoms with Gasteiger partial charge in [0.25, 0.3) is 0 Å². The number of thioether (sulfide) groups is 1. The molecule has 0 atom stereocenters. The molecule has 0 aliphatic carbocycles. The third-order valence-corrected chi connectivity index (χ3v) is 4.70. The number of hydrogen-bond donors (Lipinski definition) is 1. The van der Waals surface area contributed by atoms with Gasteiger partial charge < -0.3 is 5.73 Å². The van der Waals surface area contributed by atoms with E-state index in [2.05, 4.69) is 45.9 Å². The van der Waals surface area contributed by atoms with E-state index in [9.17, 15) is 0 Å². The van der Waals surface area contributed by atoms with E-state index in [0.717, 1.165) is 5.92 Å². The van der Waals surface area contributed by atoms with E-state index in [-0.39, 0.29) is 0 Å². The molecule has 0 spiro atoms. The van der Waals surface area contributed by atoms with E-state index in [1.54, 1.807) is 0 Å². The highest BCUT2D eigenvalue weighted by atomic mass is 79.9. The first-order valence-corrected chi connectivity index (χ1v) is 7.32. The van der Waals surface area contributed by atoms with Crippen LogP contribution in [0.2, 0.25) is 0 Å². The molecule has 0 radical (unpaired) electrons. The minimum Gasteiger partial charge on any atom is -0.326 e. The molecule has 2 rings (SSSR count). The molecular formula is C12H16BrNS. The van der Waals surface area contributed by atoms with Crippen LogP contribution in [0.15, 0.2) is 22.7 Å². The number of benzene rings is 1. The fraction of sp³-hybridized carbons (Fsp3) is 0.500. The van der Waals surface area contributed by atoms with Crippen molar-refractivity contribution < 1.29 is 0 Å². The Morgan fingerprint density at radius 2 is 2.07 bits per heavy atom. The Morgan fingerprint density at radius 3 is 2.67 bits per heavy atom. The van der Waals surface area contributed by atoms with Crippen molar-refractivity contribution >= 4 is 27.7 Å². The van der Waals surface area contributed by atoms with Crippen LogP contribution in [0.1, 0.15) is 29.9 Å². The second-order valence-electron chi connectivity index (χ2n) is 3.95. The summed E-state index contributed by atoms with van der Waals surface area (Å²) in [5, 5.41) is 0. The minimum atomic E-state index is 0.624. The summed E-state index contributed by atoms with van der Waals surface area (Å²) in [6.45, 7) is 0.624. The number of nitrogens with two attached hydrogens (primary N) is 1.